The molecule has 1 N–H and O–H groups in total. The number of aromatic amines is 1. The van der Waals surface area contributed by atoms with E-state index in [0.29, 0.717) is 29.2 Å². The van der Waals surface area contributed by atoms with Crippen LogP contribution in [-0.4, -0.2) is 21.6 Å². The molecule has 0 atom stereocenters. The Morgan fingerprint density at radius 1 is 0.892 bits per heavy atom. The van der Waals surface area contributed by atoms with Crippen LogP contribution in [0.5, 0.6) is 0 Å². The maximum absolute atomic E-state index is 13.9. The highest BCUT2D eigenvalue weighted by Gasteiger charge is 2.48. The minimum absolute atomic E-state index is 0.0182. The lowest BCUT2D eigenvalue weighted by Gasteiger charge is -2.13. The van der Waals surface area contributed by atoms with E-state index in [-0.39, 0.29) is 27.5 Å². The largest absolute Gasteiger partial charge is 0.331 e. The van der Waals surface area contributed by atoms with Gasteiger partial charge >= 0.3 is 5.91 Å². The van der Waals surface area contributed by atoms with Gasteiger partial charge in [0.1, 0.15) is 11.4 Å². The van der Waals surface area contributed by atoms with E-state index in [4.69, 9.17) is 23.2 Å². The third kappa shape index (κ3) is 4.28. The average Bonchev–Trinajstić information content (AvgIpc) is 3.34. The van der Waals surface area contributed by atoms with Crippen LogP contribution in [0.4, 0.5) is 10.1 Å². The number of hydrogen-bond donors (Lipinski definition) is 1. The lowest BCUT2D eigenvalue weighted by atomic mass is 10.0. The zero-order valence-electron chi connectivity index (χ0n) is 19.5. The Morgan fingerprint density at radius 3 is 2.22 bits per heavy atom. The van der Waals surface area contributed by atoms with Gasteiger partial charge in [-0.1, -0.05) is 42.6 Å². The zero-order chi connectivity index (χ0) is 26.3. The van der Waals surface area contributed by atoms with Gasteiger partial charge in [-0.2, -0.15) is 4.57 Å². The lowest BCUT2D eigenvalue weighted by Crippen LogP contribution is -2.39. The molecule has 5 rings (SSSR count). The number of halogens is 3. The summed E-state index contributed by atoms with van der Waals surface area (Å²) in [6.07, 6.45) is 4.35. The molecule has 2 amide bonds. The van der Waals surface area contributed by atoms with Crippen LogP contribution < -0.4 is 15.0 Å². The molecule has 10 heteroatoms. The normalized spacial score (nSPS) is 13.7. The second-order valence-corrected chi connectivity index (χ2v) is 9.20. The van der Waals surface area contributed by atoms with Crippen LogP contribution >= 0.6 is 23.2 Å². The van der Waals surface area contributed by atoms with Crippen molar-refractivity contribution in [3.8, 4) is 5.69 Å². The van der Waals surface area contributed by atoms with Crippen molar-refractivity contribution in [3.05, 3.63) is 111 Å². The number of carbonyl (C=O) groups is 2. The first kappa shape index (κ1) is 24.7. The SMILES string of the molecule is CCCc1[nH]n(-c2ccc(Cl)c(Cl)c2)c(=O)c1C1=C([n+]2ccccc2)C(=O)N(c2ccc(F)cc2)C1=O. The first-order valence-corrected chi connectivity index (χ1v) is 12.2. The number of H-pyrrole nitrogens is 1. The van der Waals surface area contributed by atoms with Crippen LogP contribution in [0.1, 0.15) is 24.6 Å². The van der Waals surface area contributed by atoms with Crippen molar-refractivity contribution >= 4 is 52.0 Å². The molecule has 1 aliphatic rings. The van der Waals surface area contributed by atoms with Crippen molar-refractivity contribution in [2.75, 3.05) is 4.90 Å². The highest BCUT2D eigenvalue weighted by atomic mass is 35.5. The van der Waals surface area contributed by atoms with Gasteiger partial charge in [0.2, 0.25) is 0 Å². The number of benzene rings is 2. The van der Waals surface area contributed by atoms with Gasteiger partial charge in [0.05, 0.1) is 27.0 Å². The molecule has 0 fully saturated rings. The van der Waals surface area contributed by atoms with Crippen LogP contribution in [0.2, 0.25) is 10.0 Å². The molecule has 0 saturated heterocycles. The fourth-order valence-electron chi connectivity index (χ4n) is 4.33. The van der Waals surface area contributed by atoms with Gasteiger partial charge in [-0.25, -0.2) is 14.0 Å². The number of nitrogens with zero attached hydrogens (tertiary/aromatic N) is 3. The Morgan fingerprint density at radius 2 is 1.57 bits per heavy atom. The summed E-state index contributed by atoms with van der Waals surface area (Å²) in [6, 6.07) is 14.9. The summed E-state index contributed by atoms with van der Waals surface area (Å²) in [7, 11) is 0. The number of anilines is 1. The quantitative estimate of drug-likeness (QED) is 0.283. The van der Waals surface area contributed by atoms with E-state index in [0.717, 1.165) is 4.90 Å². The standard InChI is InChI=1S/C27H19Cl2FN4O3/c1-2-6-21-22(26(36)34(31-21)18-11-12-19(28)20(29)15-18)23-24(32-13-4-3-5-14-32)27(37)33(25(23)35)17-9-7-16(30)8-10-17/h3-5,7-15H,2,6H2,1H3/p+1. The summed E-state index contributed by atoms with van der Waals surface area (Å²) in [5.74, 6) is -1.82. The Kier molecular flexibility index (Phi) is 6.54. The predicted octanol–water partition coefficient (Wildman–Crippen LogP) is 4.79. The summed E-state index contributed by atoms with van der Waals surface area (Å²) >= 11 is 12.2. The van der Waals surface area contributed by atoms with Crippen molar-refractivity contribution in [2.45, 2.75) is 19.8 Å². The van der Waals surface area contributed by atoms with Crippen LogP contribution in [0, 0.1) is 5.82 Å². The number of rotatable bonds is 6. The first-order chi connectivity index (χ1) is 17.8. The molecule has 37 heavy (non-hydrogen) atoms. The van der Waals surface area contributed by atoms with Crippen molar-refractivity contribution in [3.63, 3.8) is 0 Å². The van der Waals surface area contributed by atoms with Crippen molar-refractivity contribution < 1.29 is 18.5 Å². The van der Waals surface area contributed by atoms with Crippen LogP contribution in [0.15, 0.2) is 77.9 Å². The number of nitrogens with one attached hydrogen (secondary N) is 1. The number of amides is 2. The number of imide groups is 1. The molecular formula is C27H20Cl2FN4O3+. The molecule has 7 nitrogen and oxygen atoms in total. The molecule has 4 aromatic rings. The van der Waals surface area contributed by atoms with E-state index in [1.807, 2.05) is 6.92 Å². The van der Waals surface area contributed by atoms with Crippen LogP contribution in [0.3, 0.4) is 0 Å². The second kappa shape index (κ2) is 9.80. The fourth-order valence-corrected chi connectivity index (χ4v) is 4.62. The zero-order valence-corrected chi connectivity index (χ0v) is 21.1. The minimum Gasteiger partial charge on any atom is -0.294 e. The fraction of sp³-hybridized carbons (Fsp3) is 0.111. The third-order valence-electron chi connectivity index (χ3n) is 5.99. The highest BCUT2D eigenvalue weighted by molar-refractivity contribution is 6.53. The van der Waals surface area contributed by atoms with Crippen LogP contribution in [-0.2, 0) is 16.0 Å². The van der Waals surface area contributed by atoms with E-state index >= 15 is 0 Å². The number of pyridine rings is 1. The summed E-state index contributed by atoms with van der Waals surface area (Å²) < 4.78 is 16.4. The third-order valence-corrected chi connectivity index (χ3v) is 6.73. The Hall–Kier alpha value is -4.01. The van der Waals surface area contributed by atoms with E-state index in [9.17, 15) is 18.8 Å². The van der Waals surface area contributed by atoms with Gasteiger partial charge in [-0.3, -0.25) is 19.5 Å². The molecule has 1 aliphatic heterocycles. The van der Waals surface area contributed by atoms with Crippen molar-refractivity contribution in [1.29, 1.82) is 0 Å². The molecule has 2 aromatic carbocycles. The van der Waals surface area contributed by atoms with Gasteiger partial charge in [0.15, 0.2) is 12.4 Å². The topological polar surface area (TPSA) is 79.1 Å². The minimum atomic E-state index is -0.683. The maximum atomic E-state index is 13.9. The second-order valence-electron chi connectivity index (χ2n) is 8.38. The molecular weight excluding hydrogens is 518 g/mol. The molecule has 0 aliphatic carbocycles. The van der Waals surface area contributed by atoms with Gasteiger partial charge in [0.25, 0.3) is 17.2 Å². The molecule has 0 unspecified atom stereocenters. The summed E-state index contributed by atoms with van der Waals surface area (Å²) in [5, 5.41) is 3.68. The molecule has 0 bridgehead atoms. The maximum Gasteiger partial charge on any atom is 0.331 e. The summed E-state index contributed by atoms with van der Waals surface area (Å²) in [4.78, 5) is 42.4. The predicted molar refractivity (Wildman–Crippen MR) is 139 cm³/mol. The smallest absolute Gasteiger partial charge is 0.294 e. The van der Waals surface area contributed by atoms with E-state index in [1.165, 1.54) is 39.6 Å². The molecule has 0 radical (unpaired) electrons. The van der Waals surface area contributed by atoms with E-state index < -0.39 is 23.2 Å². The van der Waals surface area contributed by atoms with Crippen molar-refractivity contribution in [2.24, 2.45) is 0 Å². The number of aryl methyl sites for hydroxylation is 1. The van der Waals surface area contributed by atoms with E-state index in [2.05, 4.69) is 5.10 Å². The Bertz CT molecular complexity index is 1630. The molecule has 0 saturated carbocycles. The summed E-state index contributed by atoms with van der Waals surface area (Å²) in [5.41, 5.74) is 0.640. The van der Waals surface area contributed by atoms with Gasteiger partial charge in [-0.05, 0) is 48.9 Å². The van der Waals surface area contributed by atoms with Crippen molar-refractivity contribution in [1.82, 2.24) is 9.78 Å². The monoisotopic (exact) mass is 537 g/mol. The van der Waals surface area contributed by atoms with Gasteiger partial charge < -0.3 is 0 Å². The Labute approximate surface area is 221 Å². The van der Waals surface area contributed by atoms with Gasteiger partial charge in [0, 0.05) is 17.8 Å². The van der Waals surface area contributed by atoms with Gasteiger partial charge in [-0.15, -0.1) is 0 Å². The molecule has 2 aromatic heterocycles. The number of carbonyl (C=O) groups excluding carboxylic acids is 2. The van der Waals surface area contributed by atoms with Crippen LogP contribution in [0.25, 0.3) is 17.0 Å². The first-order valence-electron chi connectivity index (χ1n) is 11.5. The Balaban J connectivity index is 1.77. The highest BCUT2D eigenvalue weighted by Crippen LogP contribution is 2.34. The number of hydrogen-bond acceptors (Lipinski definition) is 3. The average molecular weight is 538 g/mol. The lowest BCUT2D eigenvalue weighted by molar-refractivity contribution is -0.576. The number of aromatic nitrogens is 3. The molecule has 3 heterocycles. The molecule has 0 spiro atoms. The van der Waals surface area contributed by atoms with E-state index in [1.54, 1.807) is 42.7 Å². The summed E-state index contributed by atoms with van der Waals surface area (Å²) in [6.45, 7) is 1.94. The molecule has 186 valence electrons.